The number of hydrogen-bond donors (Lipinski definition) is 3. The Labute approximate surface area is 129 Å². The van der Waals surface area contributed by atoms with Crippen molar-refractivity contribution >= 4 is 5.78 Å². The second kappa shape index (κ2) is 4.71. The molecule has 0 spiro atoms. The zero-order chi connectivity index (χ0) is 16.2. The Bertz CT molecular complexity index is 725. The van der Waals surface area contributed by atoms with E-state index in [1.807, 2.05) is 32.9 Å². The van der Waals surface area contributed by atoms with Gasteiger partial charge in [0.05, 0.1) is 12.2 Å². The molecule has 4 nitrogen and oxygen atoms in total. The zero-order valence-electron chi connectivity index (χ0n) is 12.9. The summed E-state index contributed by atoms with van der Waals surface area (Å²) in [5.41, 5.74) is 1.15. The van der Waals surface area contributed by atoms with Crippen LogP contribution in [0, 0.1) is 0 Å². The third-order valence-corrected chi connectivity index (χ3v) is 4.72. The van der Waals surface area contributed by atoms with Crippen LogP contribution in [-0.4, -0.2) is 27.7 Å². The summed E-state index contributed by atoms with van der Waals surface area (Å²) in [5.74, 6) is -0.875. The summed E-state index contributed by atoms with van der Waals surface area (Å²) in [6.07, 6.45) is 6.90. The highest BCUT2D eigenvalue weighted by Gasteiger charge is 2.39. The Hall–Kier alpha value is -2.07. The van der Waals surface area contributed by atoms with Gasteiger partial charge in [-0.15, -0.1) is 0 Å². The van der Waals surface area contributed by atoms with Crippen LogP contribution >= 0.6 is 0 Å². The second-order valence-corrected chi connectivity index (χ2v) is 6.66. The lowest BCUT2D eigenvalue weighted by Gasteiger charge is -2.34. The molecule has 0 aromatic heterocycles. The molecule has 22 heavy (non-hydrogen) atoms. The summed E-state index contributed by atoms with van der Waals surface area (Å²) in [5, 5.41) is 31.1. The van der Waals surface area contributed by atoms with Gasteiger partial charge in [0, 0.05) is 33.9 Å². The van der Waals surface area contributed by atoms with E-state index in [1.165, 1.54) is 6.08 Å². The van der Waals surface area contributed by atoms with E-state index in [0.29, 0.717) is 16.7 Å². The summed E-state index contributed by atoms with van der Waals surface area (Å²) in [7, 11) is 0. The molecule has 3 rings (SSSR count). The van der Waals surface area contributed by atoms with Crippen LogP contribution < -0.4 is 0 Å². The third kappa shape index (κ3) is 1.83. The predicted molar refractivity (Wildman–Crippen MR) is 83.6 cm³/mol. The maximum atomic E-state index is 12.3. The van der Waals surface area contributed by atoms with Gasteiger partial charge in [0.25, 0.3) is 0 Å². The molecule has 0 saturated heterocycles. The van der Waals surface area contributed by atoms with E-state index in [1.54, 1.807) is 6.08 Å². The molecule has 1 aromatic rings. The molecule has 0 bridgehead atoms. The fourth-order valence-corrected chi connectivity index (χ4v) is 3.56. The van der Waals surface area contributed by atoms with Crippen molar-refractivity contribution in [2.45, 2.75) is 38.0 Å². The van der Waals surface area contributed by atoms with Crippen molar-refractivity contribution in [1.82, 2.24) is 0 Å². The Morgan fingerprint density at radius 1 is 1.14 bits per heavy atom. The van der Waals surface area contributed by atoms with Crippen molar-refractivity contribution in [3.05, 3.63) is 46.6 Å². The number of carbonyl (C=O) groups excluding carboxylic acids is 1. The minimum absolute atomic E-state index is 0.0563. The molecule has 116 valence electrons. The normalized spacial score (nSPS) is 25.0. The Kier molecular flexibility index (Phi) is 3.18. The smallest absolute Gasteiger partial charge is 0.189 e. The molecule has 2 atom stereocenters. The average Bonchev–Trinajstić information content (AvgIpc) is 2.46. The molecule has 0 saturated carbocycles. The fraction of sp³-hybridized carbons (Fsp3) is 0.389. The topological polar surface area (TPSA) is 77.8 Å². The first-order chi connectivity index (χ1) is 10.3. The minimum atomic E-state index is -0.546. The van der Waals surface area contributed by atoms with Crippen molar-refractivity contribution in [3.8, 4) is 11.5 Å². The van der Waals surface area contributed by atoms with Gasteiger partial charge in [-0.1, -0.05) is 39.0 Å². The number of ketones is 1. The maximum Gasteiger partial charge on any atom is 0.189 e. The van der Waals surface area contributed by atoms with E-state index in [-0.39, 0.29) is 35.4 Å². The van der Waals surface area contributed by atoms with Gasteiger partial charge < -0.3 is 15.3 Å². The Balaban J connectivity index is 2.43. The first-order valence-corrected chi connectivity index (χ1v) is 7.44. The SMILES string of the molecule is C[C@H]1C=C[C@@H](CO)c2c(O)c3c(c(O)c21)C(C)(C)C=CC3=O. The molecule has 2 aliphatic carbocycles. The van der Waals surface area contributed by atoms with E-state index in [0.717, 1.165) is 0 Å². The van der Waals surface area contributed by atoms with E-state index in [2.05, 4.69) is 0 Å². The quantitative estimate of drug-likeness (QED) is 0.550. The van der Waals surface area contributed by atoms with Gasteiger partial charge in [-0.2, -0.15) is 0 Å². The first-order valence-electron chi connectivity index (χ1n) is 7.44. The molecule has 4 heteroatoms. The van der Waals surface area contributed by atoms with E-state index in [4.69, 9.17) is 0 Å². The number of aromatic hydroxyl groups is 2. The molecule has 1 aromatic carbocycles. The lowest BCUT2D eigenvalue weighted by atomic mass is 9.70. The molecule has 2 aliphatic rings. The van der Waals surface area contributed by atoms with Gasteiger partial charge in [0.1, 0.15) is 11.5 Å². The predicted octanol–water partition coefficient (Wildman–Crippen LogP) is 2.88. The van der Waals surface area contributed by atoms with Crippen molar-refractivity contribution in [3.63, 3.8) is 0 Å². The van der Waals surface area contributed by atoms with Crippen LogP contribution in [0.3, 0.4) is 0 Å². The van der Waals surface area contributed by atoms with Crippen LogP contribution in [-0.2, 0) is 5.41 Å². The van der Waals surface area contributed by atoms with Crippen molar-refractivity contribution in [2.24, 2.45) is 0 Å². The van der Waals surface area contributed by atoms with Crippen molar-refractivity contribution in [2.75, 3.05) is 6.61 Å². The highest BCUT2D eigenvalue weighted by Crippen LogP contribution is 2.52. The monoisotopic (exact) mass is 300 g/mol. The first kappa shape index (κ1) is 14.9. The number of phenolic OH excluding ortho intramolecular Hbond substituents is 2. The molecule has 0 aliphatic heterocycles. The molecular weight excluding hydrogens is 280 g/mol. The van der Waals surface area contributed by atoms with E-state index >= 15 is 0 Å². The zero-order valence-corrected chi connectivity index (χ0v) is 12.9. The van der Waals surface area contributed by atoms with Crippen molar-refractivity contribution < 1.29 is 20.1 Å². The largest absolute Gasteiger partial charge is 0.507 e. The van der Waals surface area contributed by atoms with E-state index < -0.39 is 11.3 Å². The Morgan fingerprint density at radius 3 is 2.45 bits per heavy atom. The van der Waals surface area contributed by atoms with Gasteiger partial charge in [-0.25, -0.2) is 0 Å². The average molecular weight is 300 g/mol. The maximum absolute atomic E-state index is 12.3. The number of allylic oxidation sites excluding steroid dienone is 3. The molecule has 0 fully saturated rings. The summed E-state index contributed by atoms with van der Waals surface area (Å²) in [6, 6.07) is 0. The van der Waals surface area contributed by atoms with Gasteiger partial charge in [-0.05, 0) is 6.08 Å². The summed E-state index contributed by atoms with van der Waals surface area (Å²) in [6.45, 7) is 5.53. The van der Waals surface area contributed by atoms with Crippen molar-refractivity contribution in [1.29, 1.82) is 0 Å². The van der Waals surface area contributed by atoms with Gasteiger partial charge in [0.2, 0.25) is 0 Å². The molecular formula is C18H20O4. The molecule has 3 N–H and O–H groups in total. The van der Waals surface area contributed by atoms with Crippen LogP contribution in [0.1, 0.15) is 59.7 Å². The third-order valence-electron chi connectivity index (χ3n) is 4.72. The summed E-state index contributed by atoms with van der Waals surface area (Å²) >= 11 is 0. The second-order valence-electron chi connectivity index (χ2n) is 6.66. The summed E-state index contributed by atoms with van der Waals surface area (Å²) < 4.78 is 0. The lowest BCUT2D eigenvalue weighted by molar-refractivity contribution is 0.103. The number of aliphatic hydroxyl groups is 1. The molecule has 0 radical (unpaired) electrons. The van der Waals surface area contributed by atoms with Crippen LogP contribution in [0.4, 0.5) is 0 Å². The van der Waals surface area contributed by atoms with Gasteiger partial charge >= 0.3 is 0 Å². The lowest BCUT2D eigenvalue weighted by Crippen LogP contribution is -2.25. The molecule has 0 unspecified atom stereocenters. The number of fused-ring (bicyclic) bond motifs is 2. The number of aliphatic hydroxyl groups excluding tert-OH is 1. The highest BCUT2D eigenvalue weighted by atomic mass is 16.3. The number of benzene rings is 1. The molecule has 0 heterocycles. The standard InChI is InChI=1S/C18H20O4/c1-9-4-5-10(8-19)13-12(9)17(22)15-14(16(13)21)11(20)6-7-18(15,2)3/h4-7,9-10,19,21-22H,8H2,1-3H3/t9-,10-/m0/s1. The van der Waals surface area contributed by atoms with Crippen LogP contribution in [0.2, 0.25) is 0 Å². The number of phenols is 2. The fourth-order valence-electron chi connectivity index (χ4n) is 3.56. The van der Waals surface area contributed by atoms with Gasteiger partial charge in [-0.3, -0.25) is 4.79 Å². The Morgan fingerprint density at radius 2 is 1.82 bits per heavy atom. The minimum Gasteiger partial charge on any atom is -0.507 e. The number of rotatable bonds is 1. The van der Waals surface area contributed by atoms with Crippen LogP contribution in [0.5, 0.6) is 11.5 Å². The van der Waals surface area contributed by atoms with E-state index in [9.17, 15) is 20.1 Å². The number of hydrogen-bond acceptors (Lipinski definition) is 4. The van der Waals surface area contributed by atoms with Crippen LogP contribution in [0.25, 0.3) is 0 Å². The summed E-state index contributed by atoms with van der Waals surface area (Å²) in [4.78, 5) is 12.3. The molecule has 0 amide bonds. The number of carbonyl (C=O) groups is 1. The van der Waals surface area contributed by atoms with Gasteiger partial charge in [0.15, 0.2) is 5.78 Å². The van der Waals surface area contributed by atoms with Crippen LogP contribution in [0.15, 0.2) is 24.3 Å². The highest BCUT2D eigenvalue weighted by molar-refractivity contribution is 6.10.